The highest BCUT2D eigenvalue weighted by molar-refractivity contribution is 14.0. The van der Waals surface area contributed by atoms with Gasteiger partial charge in [0.15, 0.2) is 5.96 Å². The standard InChI is InChI=1S/C23H37N5O2.HI/c1-26(2)22(29)16-25-23(24-12-10-19-6-8-21(30-3)9-7-19)28-15-11-20(18-28)17-27-13-4-5-14-27;/h6-9,20H,4-5,10-18H2,1-3H3,(H,24,25);1H. The molecule has 1 amide bonds. The Morgan fingerprint density at radius 1 is 1.19 bits per heavy atom. The molecular weight excluding hydrogens is 505 g/mol. The molecule has 31 heavy (non-hydrogen) atoms. The van der Waals surface area contributed by atoms with Gasteiger partial charge in [0.05, 0.1) is 7.11 Å². The number of likely N-dealkylation sites (tertiary alicyclic amines) is 2. The first-order chi connectivity index (χ1) is 14.5. The summed E-state index contributed by atoms with van der Waals surface area (Å²) < 4.78 is 5.23. The number of halogens is 1. The number of carbonyl (C=O) groups is 1. The number of carbonyl (C=O) groups excluding carboxylic acids is 1. The first-order valence-electron chi connectivity index (χ1n) is 11.1. The van der Waals surface area contributed by atoms with Crippen LogP contribution in [0.5, 0.6) is 5.75 Å². The van der Waals surface area contributed by atoms with Gasteiger partial charge in [-0.15, -0.1) is 24.0 Å². The van der Waals surface area contributed by atoms with E-state index in [2.05, 4.69) is 32.2 Å². The number of aliphatic imine (C=N–C) groups is 1. The van der Waals surface area contributed by atoms with Crippen LogP contribution in [-0.4, -0.2) is 93.6 Å². The van der Waals surface area contributed by atoms with Gasteiger partial charge in [-0.3, -0.25) is 4.79 Å². The van der Waals surface area contributed by atoms with E-state index in [1.807, 2.05) is 12.1 Å². The molecule has 1 atom stereocenters. The van der Waals surface area contributed by atoms with Gasteiger partial charge >= 0.3 is 0 Å². The molecule has 1 unspecified atom stereocenters. The molecule has 7 nitrogen and oxygen atoms in total. The van der Waals surface area contributed by atoms with Crippen LogP contribution in [0.1, 0.15) is 24.8 Å². The number of hydrogen-bond donors (Lipinski definition) is 1. The van der Waals surface area contributed by atoms with Crippen molar-refractivity contribution < 1.29 is 9.53 Å². The third-order valence-electron chi connectivity index (χ3n) is 6.02. The Labute approximate surface area is 204 Å². The van der Waals surface area contributed by atoms with Crippen LogP contribution in [0.3, 0.4) is 0 Å². The van der Waals surface area contributed by atoms with Crippen LogP contribution in [0.4, 0.5) is 0 Å². The summed E-state index contributed by atoms with van der Waals surface area (Å²) in [5.74, 6) is 2.44. The average molecular weight is 543 g/mol. The number of guanidine groups is 1. The Kier molecular flexibility index (Phi) is 10.9. The molecule has 0 aromatic heterocycles. The third kappa shape index (κ3) is 8.14. The molecule has 0 saturated carbocycles. The number of methoxy groups -OCH3 is 1. The zero-order chi connectivity index (χ0) is 21.3. The maximum Gasteiger partial charge on any atom is 0.243 e. The van der Waals surface area contributed by atoms with Crippen LogP contribution in [0.15, 0.2) is 29.3 Å². The lowest BCUT2D eigenvalue weighted by Gasteiger charge is -2.24. The van der Waals surface area contributed by atoms with E-state index in [4.69, 9.17) is 4.74 Å². The number of hydrogen-bond acceptors (Lipinski definition) is 4. The number of nitrogens with one attached hydrogen (secondary N) is 1. The first kappa shape index (κ1) is 25.7. The van der Waals surface area contributed by atoms with Crippen molar-refractivity contribution in [2.75, 3.05) is 67.0 Å². The smallest absolute Gasteiger partial charge is 0.243 e. The predicted octanol–water partition coefficient (Wildman–Crippen LogP) is 2.31. The van der Waals surface area contributed by atoms with Crippen LogP contribution in [0, 0.1) is 5.92 Å². The zero-order valence-corrected chi connectivity index (χ0v) is 21.5. The highest BCUT2D eigenvalue weighted by atomic mass is 127. The fourth-order valence-electron chi connectivity index (χ4n) is 4.17. The van der Waals surface area contributed by atoms with Crippen molar-refractivity contribution in [2.24, 2.45) is 10.9 Å². The van der Waals surface area contributed by atoms with Gasteiger partial charge in [0, 0.05) is 40.3 Å². The minimum absolute atomic E-state index is 0. The Balaban J connectivity index is 0.00000341. The molecular formula is C23H38IN5O2. The van der Waals surface area contributed by atoms with Gasteiger partial charge in [0.2, 0.25) is 5.91 Å². The molecule has 0 bridgehead atoms. The minimum Gasteiger partial charge on any atom is -0.497 e. The van der Waals surface area contributed by atoms with Gasteiger partial charge in [-0.2, -0.15) is 0 Å². The van der Waals surface area contributed by atoms with Crippen molar-refractivity contribution in [1.29, 1.82) is 0 Å². The Morgan fingerprint density at radius 2 is 1.90 bits per heavy atom. The number of benzene rings is 1. The lowest BCUT2D eigenvalue weighted by molar-refractivity contribution is -0.127. The van der Waals surface area contributed by atoms with E-state index in [0.717, 1.165) is 37.8 Å². The molecule has 2 fully saturated rings. The molecule has 3 rings (SSSR count). The zero-order valence-electron chi connectivity index (χ0n) is 19.2. The number of amides is 1. The number of nitrogens with zero attached hydrogens (tertiary/aromatic N) is 4. The number of rotatable bonds is 8. The van der Waals surface area contributed by atoms with E-state index in [1.54, 1.807) is 26.1 Å². The van der Waals surface area contributed by atoms with Crippen molar-refractivity contribution >= 4 is 35.8 Å². The molecule has 1 aromatic carbocycles. The van der Waals surface area contributed by atoms with Crippen LogP contribution in [-0.2, 0) is 11.2 Å². The summed E-state index contributed by atoms with van der Waals surface area (Å²) in [5, 5.41) is 3.51. The molecule has 1 aromatic rings. The largest absolute Gasteiger partial charge is 0.497 e. The Morgan fingerprint density at radius 3 is 2.55 bits per heavy atom. The molecule has 0 aliphatic carbocycles. The molecule has 2 aliphatic heterocycles. The van der Waals surface area contributed by atoms with Crippen molar-refractivity contribution in [3.8, 4) is 5.75 Å². The first-order valence-corrected chi connectivity index (χ1v) is 11.1. The normalized spacial score (nSPS) is 19.3. The second kappa shape index (κ2) is 13.1. The van der Waals surface area contributed by atoms with Crippen LogP contribution in [0.25, 0.3) is 0 Å². The molecule has 174 valence electrons. The van der Waals surface area contributed by atoms with Crippen molar-refractivity contribution in [3.63, 3.8) is 0 Å². The molecule has 1 N–H and O–H groups in total. The van der Waals surface area contributed by atoms with Gasteiger partial charge in [-0.25, -0.2) is 4.99 Å². The van der Waals surface area contributed by atoms with Gasteiger partial charge in [0.1, 0.15) is 12.3 Å². The molecule has 2 saturated heterocycles. The summed E-state index contributed by atoms with van der Waals surface area (Å²) >= 11 is 0. The monoisotopic (exact) mass is 543 g/mol. The molecule has 0 radical (unpaired) electrons. The maximum absolute atomic E-state index is 12.1. The van der Waals surface area contributed by atoms with E-state index in [1.165, 1.54) is 44.5 Å². The summed E-state index contributed by atoms with van der Waals surface area (Å²) in [6.45, 7) is 6.67. The second-order valence-corrected chi connectivity index (χ2v) is 8.56. The van der Waals surface area contributed by atoms with Gasteiger partial charge in [-0.05, 0) is 62.4 Å². The summed E-state index contributed by atoms with van der Waals surface area (Å²) in [6.07, 6.45) is 4.76. The van der Waals surface area contributed by atoms with E-state index in [9.17, 15) is 4.79 Å². The topological polar surface area (TPSA) is 60.4 Å². The molecule has 2 heterocycles. The fourth-order valence-corrected chi connectivity index (χ4v) is 4.17. The Bertz CT molecular complexity index is 704. The van der Waals surface area contributed by atoms with Crippen LogP contribution < -0.4 is 10.1 Å². The average Bonchev–Trinajstić information content (AvgIpc) is 3.43. The van der Waals surface area contributed by atoms with Crippen molar-refractivity contribution in [1.82, 2.24) is 20.0 Å². The number of ether oxygens (including phenoxy) is 1. The number of likely N-dealkylation sites (N-methyl/N-ethyl adjacent to an activating group) is 1. The van der Waals surface area contributed by atoms with Gasteiger partial charge < -0.3 is 24.8 Å². The van der Waals surface area contributed by atoms with E-state index < -0.39 is 0 Å². The SMILES string of the molecule is COc1ccc(CCNC(=NCC(=O)N(C)C)N2CCC(CN3CCCC3)C2)cc1.I. The summed E-state index contributed by atoms with van der Waals surface area (Å²) in [7, 11) is 5.23. The lowest BCUT2D eigenvalue weighted by Crippen LogP contribution is -2.42. The summed E-state index contributed by atoms with van der Waals surface area (Å²) in [5.41, 5.74) is 1.25. The summed E-state index contributed by atoms with van der Waals surface area (Å²) in [4.78, 5) is 23.2. The van der Waals surface area contributed by atoms with E-state index >= 15 is 0 Å². The maximum atomic E-state index is 12.1. The van der Waals surface area contributed by atoms with Crippen LogP contribution >= 0.6 is 24.0 Å². The van der Waals surface area contributed by atoms with Crippen molar-refractivity contribution in [2.45, 2.75) is 25.7 Å². The highest BCUT2D eigenvalue weighted by Crippen LogP contribution is 2.20. The van der Waals surface area contributed by atoms with Crippen LogP contribution in [0.2, 0.25) is 0 Å². The van der Waals surface area contributed by atoms with E-state index in [-0.39, 0.29) is 36.4 Å². The Hall–Kier alpha value is -1.55. The molecule has 0 spiro atoms. The molecule has 2 aliphatic rings. The van der Waals surface area contributed by atoms with Crippen molar-refractivity contribution in [3.05, 3.63) is 29.8 Å². The summed E-state index contributed by atoms with van der Waals surface area (Å²) in [6, 6.07) is 8.16. The fraction of sp³-hybridized carbons (Fsp3) is 0.652. The lowest BCUT2D eigenvalue weighted by atomic mass is 10.1. The highest BCUT2D eigenvalue weighted by Gasteiger charge is 2.27. The quantitative estimate of drug-likeness (QED) is 0.310. The predicted molar refractivity (Wildman–Crippen MR) is 136 cm³/mol. The van der Waals surface area contributed by atoms with E-state index in [0.29, 0.717) is 5.92 Å². The molecule has 8 heteroatoms. The van der Waals surface area contributed by atoms with Gasteiger partial charge in [0.25, 0.3) is 0 Å². The third-order valence-corrected chi connectivity index (χ3v) is 6.02. The second-order valence-electron chi connectivity index (χ2n) is 8.56. The van der Waals surface area contributed by atoms with Gasteiger partial charge in [-0.1, -0.05) is 12.1 Å². The minimum atomic E-state index is 0.